The van der Waals surface area contributed by atoms with E-state index < -0.39 is 12.0 Å². The average Bonchev–Trinajstić information content (AvgIpc) is 3.38. The van der Waals surface area contributed by atoms with Gasteiger partial charge >= 0.3 is 5.97 Å². The number of hydrogen-bond acceptors (Lipinski definition) is 7. The highest BCUT2D eigenvalue weighted by Crippen LogP contribution is 2.33. The molecular weight excluding hydrogens is 428 g/mol. The molecule has 5 rings (SSSR count). The zero-order chi connectivity index (χ0) is 22.2. The second-order valence-electron chi connectivity index (χ2n) is 7.31. The predicted octanol–water partition coefficient (Wildman–Crippen LogP) is 2.64. The van der Waals surface area contributed by atoms with Crippen LogP contribution in [0.25, 0.3) is 11.8 Å². The van der Waals surface area contributed by atoms with Crippen LogP contribution in [0.15, 0.2) is 63.9 Å². The Bertz CT molecular complexity index is 1420. The van der Waals surface area contributed by atoms with Gasteiger partial charge in [0.05, 0.1) is 16.7 Å². The van der Waals surface area contributed by atoms with E-state index >= 15 is 0 Å². The van der Waals surface area contributed by atoms with E-state index in [1.807, 2.05) is 48.5 Å². The van der Waals surface area contributed by atoms with E-state index in [0.717, 1.165) is 11.1 Å². The maximum absolute atomic E-state index is 13.3. The highest BCUT2D eigenvalue weighted by atomic mass is 32.1. The van der Waals surface area contributed by atoms with Crippen molar-refractivity contribution in [2.45, 2.75) is 19.9 Å². The molecule has 0 spiro atoms. The average molecular weight is 449 g/mol. The highest BCUT2D eigenvalue weighted by Gasteiger charge is 2.31. The van der Waals surface area contributed by atoms with Gasteiger partial charge in [-0.05, 0) is 43.2 Å². The van der Waals surface area contributed by atoms with Crippen LogP contribution in [0.3, 0.4) is 0 Å². The van der Waals surface area contributed by atoms with E-state index in [4.69, 9.17) is 19.2 Å². The largest absolute Gasteiger partial charge is 0.463 e. The fraction of sp³-hybridized carbons (Fsp3) is 0.208. The highest BCUT2D eigenvalue weighted by molar-refractivity contribution is 7.07. The van der Waals surface area contributed by atoms with Crippen LogP contribution in [0.5, 0.6) is 11.5 Å². The number of thiazole rings is 1. The summed E-state index contributed by atoms with van der Waals surface area (Å²) in [4.78, 5) is 31.4. The number of hydrogen-bond donors (Lipinski definition) is 0. The third kappa shape index (κ3) is 3.42. The lowest BCUT2D eigenvalue weighted by Crippen LogP contribution is -2.35. The molecule has 0 bridgehead atoms. The van der Waals surface area contributed by atoms with Crippen LogP contribution in [0.1, 0.15) is 31.0 Å². The first-order chi connectivity index (χ1) is 15.6. The standard InChI is InChI=1S/C24H20N2O5S/c1-3-29-23(28)20-14(2)26-22(27)19(12-15-9-10-17-18(11-15)31-13-30-17)32-24(26)25-21(20)16-7-5-4-6-8-16/h4-12,21H,3,13H2,1-2H3/b19-12-/t21-/m1/s1. The number of carbonyl (C=O) groups excluding carboxylic acids is 1. The molecule has 0 saturated carbocycles. The molecule has 32 heavy (non-hydrogen) atoms. The van der Waals surface area contributed by atoms with Crippen molar-refractivity contribution in [1.29, 1.82) is 0 Å². The number of rotatable bonds is 4. The Morgan fingerprint density at radius 3 is 2.78 bits per heavy atom. The quantitative estimate of drug-likeness (QED) is 0.574. The van der Waals surface area contributed by atoms with Crippen molar-refractivity contribution >= 4 is 29.1 Å². The number of aromatic nitrogens is 1. The summed E-state index contributed by atoms with van der Waals surface area (Å²) >= 11 is 1.29. The minimum absolute atomic E-state index is 0.190. The molecule has 0 radical (unpaired) electrons. The maximum atomic E-state index is 13.3. The summed E-state index contributed by atoms with van der Waals surface area (Å²) in [5, 5.41) is 0. The Morgan fingerprint density at radius 2 is 2.00 bits per heavy atom. The molecule has 0 saturated heterocycles. The number of fused-ring (bicyclic) bond motifs is 2. The second kappa shape index (κ2) is 8.12. The van der Waals surface area contributed by atoms with Crippen molar-refractivity contribution in [3.8, 4) is 11.5 Å². The molecule has 2 aromatic carbocycles. The number of carbonyl (C=O) groups is 1. The molecule has 0 unspecified atom stereocenters. The van der Waals surface area contributed by atoms with Gasteiger partial charge < -0.3 is 14.2 Å². The zero-order valence-corrected chi connectivity index (χ0v) is 18.3. The van der Waals surface area contributed by atoms with Crippen LogP contribution in [0.2, 0.25) is 0 Å². The topological polar surface area (TPSA) is 79.1 Å². The summed E-state index contributed by atoms with van der Waals surface area (Å²) in [6.07, 6.45) is 1.80. The summed E-state index contributed by atoms with van der Waals surface area (Å²) in [5.41, 5.74) is 2.37. The zero-order valence-electron chi connectivity index (χ0n) is 17.5. The number of allylic oxidation sites excluding steroid dienone is 1. The lowest BCUT2D eigenvalue weighted by molar-refractivity contribution is -0.138. The van der Waals surface area contributed by atoms with Gasteiger partial charge in [-0.3, -0.25) is 9.36 Å². The lowest BCUT2D eigenvalue weighted by atomic mass is 9.97. The van der Waals surface area contributed by atoms with Crippen LogP contribution in [0.4, 0.5) is 0 Å². The van der Waals surface area contributed by atoms with Gasteiger partial charge in [-0.2, -0.15) is 0 Å². The van der Waals surface area contributed by atoms with E-state index in [2.05, 4.69) is 0 Å². The molecular formula is C24H20N2O5S. The van der Waals surface area contributed by atoms with Crippen LogP contribution < -0.4 is 24.4 Å². The maximum Gasteiger partial charge on any atom is 0.338 e. The minimum Gasteiger partial charge on any atom is -0.463 e. The number of benzene rings is 2. The van der Waals surface area contributed by atoms with Gasteiger partial charge in [-0.15, -0.1) is 0 Å². The molecule has 3 aromatic rings. The normalized spacial score (nSPS) is 17.2. The first-order valence-electron chi connectivity index (χ1n) is 10.2. The first-order valence-corrected chi connectivity index (χ1v) is 11.0. The van der Waals surface area contributed by atoms with E-state index in [1.165, 1.54) is 15.9 Å². The van der Waals surface area contributed by atoms with Crippen molar-refractivity contribution in [2.75, 3.05) is 13.4 Å². The molecule has 0 fully saturated rings. The molecule has 2 aliphatic rings. The van der Waals surface area contributed by atoms with Crippen LogP contribution in [0, 0.1) is 0 Å². The van der Waals surface area contributed by atoms with Gasteiger partial charge in [-0.1, -0.05) is 47.7 Å². The van der Waals surface area contributed by atoms with Crippen LogP contribution >= 0.6 is 11.3 Å². The Hall–Kier alpha value is -3.65. The second-order valence-corrected chi connectivity index (χ2v) is 8.32. The fourth-order valence-electron chi connectivity index (χ4n) is 3.85. The third-order valence-electron chi connectivity index (χ3n) is 5.35. The first kappa shape index (κ1) is 20.3. The summed E-state index contributed by atoms with van der Waals surface area (Å²) in [7, 11) is 0. The van der Waals surface area contributed by atoms with Gasteiger partial charge in [0.15, 0.2) is 16.3 Å². The number of nitrogens with zero attached hydrogens (tertiary/aromatic N) is 2. The summed E-state index contributed by atoms with van der Waals surface area (Å²) < 4.78 is 18.1. The van der Waals surface area contributed by atoms with Crippen molar-refractivity contribution in [1.82, 2.24) is 4.57 Å². The van der Waals surface area contributed by atoms with Crippen molar-refractivity contribution in [2.24, 2.45) is 4.99 Å². The van der Waals surface area contributed by atoms with Gasteiger partial charge in [0, 0.05) is 5.70 Å². The van der Waals surface area contributed by atoms with E-state index in [9.17, 15) is 9.59 Å². The SMILES string of the molecule is CCOC(=O)C1=C(C)n2c(s/c(=C\c3ccc4c(c3)OCO4)c2=O)=N[C@@H]1c1ccccc1. The van der Waals surface area contributed by atoms with Crippen molar-refractivity contribution < 1.29 is 19.0 Å². The molecule has 1 aromatic heterocycles. The Morgan fingerprint density at radius 1 is 1.22 bits per heavy atom. The van der Waals surface area contributed by atoms with Crippen LogP contribution in [-0.2, 0) is 9.53 Å². The lowest BCUT2D eigenvalue weighted by Gasteiger charge is -2.22. The molecule has 1 atom stereocenters. The molecule has 7 nitrogen and oxygen atoms in total. The van der Waals surface area contributed by atoms with Crippen LogP contribution in [-0.4, -0.2) is 23.9 Å². The minimum atomic E-state index is -0.535. The van der Waals surface area contributed by atoms with E-state index in [-0.39, 0.29) is 19.0 Å². The molecule has 8 heteroatoms. The van der Waals surface area contributed by atoms with Gasteiger partial charge in [-0.25, -0.2) is 9.79 Å². The Kier molecular flexibility index (Phi) is 5.14. The molecule has 3 heterocycles. The van der Waals surface area contributed by atoms with Crippen molar-refractivity contribution in [3.63, 3.8) is 0 Å². The summed E-state index contributed by atoms with van der Waals surface area (Å²) in [6, 6.07) is 14.5. The summed E-state index contributed by atoms with van der Waals surface area (Å²) in [5.74, 6) is 0.866. The van der Waals surface area contributed by atoms with E-state index in [0.29, 0.717) is 32.1 Å². The Labute approximate surface area is 187 Å². The smallest absolute Gasteiger partial charge is 0.338 e. The van der Waals surface area contributed by atoms with E-state index in [1.54, 1.807) is 19.9 Å². The van der Waals surface area contributed by atoms with Gasteiger partial charge in [0.25, 0.3) is 5.56 Å². The molecule has 0 amide bonds. The fourth-order valence-corrected chi connectivity index (χ4v) is 4.89. The molecule has 0 N–H and O–H groups in total. The third-order valence-corrected chi connectivity index (χ3v) is 6.33. The monoisotopic (exact) mass is 448 g/mol. The molecule has 0 aliphatic carbocycles. The summed E-state index contributed by atoms with van der Waals surface area (Å²) in [6.45, 7) is 3.95. The Balaban J connectivity index is 1.69. The number of ether oxygens (including phenoxy) is 3. The predicted molar refractivity (Wildman–Crippen MR) is 120 cm³/mol. The number of esters is 1. The van der Waals surface area contributed by atoms with Crippen molar-refractivity contribution in [3.05, 3.63) is 84.9 Å². The van der Waals surface area contributed by atoms with Gasteiger partial charge in [0.1, 0.15) is 6.04 Å². The van der Waals surface area contributed by atoms with Gasteiger partial charge in [0.2, 0.25) is 6.79 Å². The molecule has 162 valence electrons. The molecule has 2 aliphatic heterocycles.